The first-order valence-electron chi connectivity index (χ1n) is 13.6. The molecule has 4 saturated carbocycles. The average Bonchev–Trinajstić information content (AvgIpc) is 3.13. The third-order valence-electron chi connectivity index (χ3n) is 10.6. The molecule has 0 amide bonds. The van der Waals surface area contributed by atoms with Crippen molar-refractivity contribution >= 4 is 20.4 Å². The van der Waals surface area contributed by atoms with E-state index in [2.05, 4.69) is 13.8 Å². The summed E-state index contributed by atoms with van der Waals surface area (Å²) >= 11 is 0. The monoisotopic (exact) mass is 528 g/mol. The van der Waals surface area contributed by atoms with Crippen molar-refractivity contribution in [3.8, 4) is 0 Å². The molecule has 0 radical (unpaired) electrons. The van der Waals surface area contributed by atoms with E-state index in [1.165, 1.54) is 0 Å². The minimum Gasteiger partial charge on any atom is -0.393 e. The van der Waals surface area contributed by atoms with Crippen molar-refractivity contribution in [2.24, 2.45) is 34.5 Å². The van der Waals surface area contributed by atoms with Gasteiger partial charge in [-0.15, -0.1) is 0 Å². The predicted molar refractivity (Wildman–Crippen MR) is 137 cm³/mol. The molecule has 0 aromatic carbocycles. The number of ketones is 2. The van der Waals surface area contributed by atoms with Gasteiger partial charge < -0.3 is 28.6 Å². The Morgan fingerprint density at radius 1 is 1.06 bits per heavy atom. The van der Waals surface area contributed by atoms with Gasteiger partial charge in [-0.2, -0.15) is 0 Å². The van der Waals surface area contributed by atoms with Crippen molar-refractivity contribution in [1.82, 2.24) is 0 Å². The molecule has 36 heavy (non-hydrogen) atoms. The van der Waals surface area contributed by atoms with Gasteiger partial charge in [-0.05, 0) is 68.1 Å². The first-order chi connectivity index (χ1) is 16.9. The summed E-state index contributed by atoms with van der Waals surface area (Å²) < 4.78 is 15.5. The quantitative estimate of drug-likeness (QED) is 0.431. The Balaban J connectivity index is 0.000000308. The Labute approximate surface area is 217 Å². The lowest BCUT2D eigenvalue weighted by Crippen LogP contribution is -2.62. The van der Waals surface area contributed by atoms with Crippen LogP contribution in [0, 0.1) is 34.5 Å². The summed E-state index contributed by atoms with van der Waals surface area (Å²) in [5, 5.41) is 30.6. The Bertz CT molecular complexity index is 794. The molecule has 0 aromatic rings. The zero-order valence-electron chi connectivity index (χ0n) is 23.0. The summed E-state index contributed by atoms with van der Waals surface area (Å²) in [6.07, 6.45) is 6.50. The van der Waals surface area contributed by atoms with Gasteiger partial charge in [0, 0.05) is 45.1 Å². The van der Waals surface area contributed by atoms with E-state index in [-0.39, 0.29) is 41.5 Å². The normalized spacial score (nSPS) is 42.0. The molecule has 8 atom stereocenters. The van der Waals surface area contributed by atoms with E-state index in [1.807, 2.05) is 6.92 Å². The molecule has 4 aliphatic carbocycles. The van der Waals surface area contributed by atoms with Crippen molar-refractivity contribution in [3.63, 3.8) is 0 Å². The molecule has 9 heteroatoms. The van der Waals surface area contributed by atoms with Crippen LogP contribution in [0.2, 0.25) is 6.04 Å². The summed E-state index contributed by atoms with van der Waals surface area (Å²) in [4.78, 5) is 25.7. The van der Waals surface area contributed by atoms with E-state index < -0.39 is 32.2 Å². The van der Waals surface area contributed by atoms with E-state index in [9.17, 15) is 24.9 Å². The van der Waals surface area contributed by atoms with E-state index in [4.69, 9.17) is 13.3 Å². The van der Waals surface area contributed by atoms with Crippen molar-refractivity contribution in [2.75, 3.05) is 27.9 Å². The second-order valence-corrected chi connectivity index (χ2v) is 15.1. The fourth-order valence-corrected chi connectivity index (χ4v) is 10.2. The zero-order chi connectivity index (χ0) is 26.9. The topological polar surface area (TPSA) is 123 Å². The fourth-order valence-electron chi connectivity index (χ4n) is 8.51. The molecular weight excluding hydrogens is 480 g/mol. The first kappa shape index (κ1) is 29.9. The van der Waals surface area contributed by atoms with Crippen molar-refractivity contribution in [3.05, 3.63) is 0 Å². The number of aliphatic hydroxyl groups is 3. The third kappa shape index (κ3) is 4.78. The Kier molecular flexibility index (Phi) is 9.29. The molecule has 0 aliphatic heterocycles. The number of fused-ring (bicyclic) bond motifs is 5. The van der Waals surface area contributed by atoms with E-state index >= 15 is 0 Å². The highest BCUT2D eigenvalue weighted by atomic mass is 28.4. The van der Waals surface area contributed by atoms with Crippen molar-refractivity contribution in [1.29, 1.82) is 0 Å². The summed E-state index contributed by atoms with van der Waals surface area (Å²) in [7, 11) is 2.68. The number of carbonyl (C=O) groups is 2. The number of Topliss-reactive ketones (excluding diaryl/α,β-unsaturated/α-hetero) is 2. The molecule has 4 fully saturated rings. The van der Waals surface area contributed by atoms with Gasteiger partial charge in [0.15, 0.2) is 5.78 Å². The summed E-state index contributed by atoms with van der Waals surface area (Å²) in [6.45, 7) is 5.55. The van der Waals surface area contributed by atoms with Crippen LogP contribution >= 0.6 is 0 Å². The minimum absolute atomic E-state index is 0.0154. The molecule has 0 saturated heterocycles. The second-order valence-electron chi connectivity index (χ2n) is 12.0. The molecule has 0 bridgehead atoms. The van der Waals surface area contributed by atoms with Gasteiger partial charge in [0.1, 0.15) is 18.0 Å². The molecule has 4 aliphatic rings. The Morgan fingerprint density at radius 3 is 2.22 bits per heavy atom. The maximum Gasteiger partial charge on any atom is 0.500 e. The third-order valence-corrected chi connectivity index (χ3v) is 13.6. The van der Waals surface area contributed by atoms with Gasteiger partial charge in [-0.25, -0.2) is 0 Å². The van der Waals surface area contributed by atoms with Crippen LogP contribution in [0.5, 0.6) is 0 Å². The maximum absolute atomic E-state index is 13.4. The molecular formula is C27H48O8Si. The number of rotatable bonds is 7. The highest BCUT2D eigenvalue weighted by Gasteiger charge is 2.68. The van der Waals surface area contributed by atoms with Crippen molar-refractivity contribution in [2.45, 2.75) is 96.3 Å². The lowest BCUT2D eigenvalue weighted by Gasteiger charge is -2.60. The summed E-state index contributed by atoms with van der Waals surface area (Å²) in [5.74, 6) is 0.380. The van der Waals surface area contributed by atoms with Crippen LogP contribution in [0.15, 0.2) is 0 Å². The molecule has 3 N–H and O–H groups in total. The van der Waals surface area contributed by atoms with Gasteiger partial charge >= 0.3 is 8.80 Å². The predicted octanol–water partition coefficient (Wildman–Crippen LogP) is 3.14. The van der Waals surface area contributed by atoms with Gasteiger partial charge in [0.25, 0.3) is 0 Å². The second kappa shape index (κ2) is 11.2. The number of hydrogen-bond acceptors (Lipinski definition) is 8. The standard InChI is InChI=1S/C21H32O5.C6H16O3Si/c1-19-7-5-13(23)9-12(19)3-4-14-15-6-8-21(26,17(25)11-22)20(15,2)10-16(24)18(14)19;1-5-6-10(7-2,8-3)9-4/h12-15,18,22-23,26H,3-11H2,1-2H3;5-6H2,1-4H3/t12-,13-,14+,15+,18-,19+,20+,21+;/m1./s1. The summed E-state index contributed by atoms with van der Waals surface area (Å²) in [5.41, 5.74) is -2.40. The van der Waals surface area contributed by atoms with Gasteiger partial charge in [-0.1, -0.05) is 27.2 Å². The van der Waals surface area contributed by atoms with E-state index in [0.717, 1.165) is 51.0 Å². The number of carbonyl (C=O) groups excluding carboxylic acids is 2. The Hall–Kier alpha value is -0.683. The largest absolute Gasteiger partial charge is 0.500 e. The highest BCUT2D eigenvalue weighted by Crippen LogP contribution is 2.67. The first-order valence-corrected chi connectivity index (χ1v) is 15.6. The lowest BCUT2D eigenvalue weighted by molar-refractivity contribution is -0.180. The van der Waals surface area contributed by atoms with Crippen LogP contribution < -0.4 is 0 Å². The average molecular weight is 529 g/mol. The van der Waals surface area contributed by atoms with Crippen LogP contribution in [-0.4, -0.2) is 75.3 Å². The molecule has 4 rings (SSSR count). The molecule has 0 unspecified atom stereocenters. The van der Waals surface area contributed by atoms with Gasteiger partial charge in [0.2, 0.25) is 0 Å². The number of aliphatic hydroxyl groups excluding tert-OH is 2. The van der Waals surface area contributed by atoms with Crippen molar-refractivity contribution < 1.29 is 38.2 Å². The van der Waals surface area contributed by atoms with E-state index in [0.29, 0.717) is 12.3 Å². The van der Waals surface area contributed by atoms with Crippen LogP contribution in [-0.2, 0) is 22.9 Å². The van der Waals surface area contributed by atoms with Crippen LogP contribution in [0.1, 0.15) is 78.6 Å². The molecule has 0 heterocycles. The minimum atomic E-state index is -2.22. The zero-order valence-corrected chi connectivity index (χ0v) is 24.0. The maximum atomic E-state index is 13.4. The van der Waals surface area contributed by atoms with Gasteiger partial charge in [-0.3, -0.25) is 9.59 Å². The summed E-state index contributed by atoms with van der Waals surface area (Å²) in [6, 6.07) is 0.885. The Morgan fingerprint density at radius 2 is 1.69 bits per heavy atom. The highest BCUT2D eigenvalue weighted by molar-refractivity contribution is 6.60. The smallest absolute Gasteiger partial charge is 0.393 e. The van der Waals surface area contributed by atoms with E-state index in [1.54, 1.807) is 21.3 Å². The molecule has 8 nitrogen and oxygen atoms in total. The molecule has 0 aromatic heterocycles. The van der Waals surface area contributed by atoms with Gasteiger partial charge in [0.05, 0.1) is 6.10 Å². The number of hydrogen-bond donors (Lipinski definition) is 3. The fraction of sp³-hybridized carbons (Fsp3) is 0.926. The lowest BCUT2D eigenvalue weighted by atomic mass is 9.44. The molecule has 0 spiro atoms. The van der Waals surface area contributed by atoms with Crippen LogP contribution in [0.3, 0.4) is 0 Å². The van der Waals surface area contributed by atoms with Crippen LogP contribution in [0.25, 0.3) is 0 Å². The van der Waals surface area contributed by atoms with Crippen LogP contribution in [0.4, 0.5) is 0 Å². The SMILES string of the molecule is CCC[Si](OC)(OC)OC.C[C@]12CC[C@@H](O)C[C@H]1CC[C@@H]1[C@@H]2C(=O)C[C@@]2(C)[C@H]1CC[C@]2(O)C(=O)CO. The molecule has 208 valence electrons.